The highest BCUT2D eigenvalue weighted by Gasteiger charge is 2.16. The second kappa shape index (κ2) is 35.9. The van der Waals surface area contributed by atoms with Crippen molar-refractivity contribution in [2.24, 2.45) is 0 Å². The molecule has 0 aromatic rings. The van der Waals surface area contributed by atoms with Gasteiger partial charge in [-0.2, -0.15) is 0 Å². The third-order valence-electron chi connectivity index (χ3n) is 8.22. The summed E-state index contributed by atoms with van der Waals surface area (Å²) in [5.74, 6) is -0.607. The first-order chi connectivity index (χ1) is 21.6. The Labute approximate surface area is 273 Å². The molecular weight excluding hydrogens is 548 g/mol. The Kier molecular flexibility index (Phi) is 34.5. The SMILES string of the molecule is CCCCCCCC/C=C/CCCCCCCC(=O)OC[C@@H](CO)OC(=O)CCCCCCC/C=C/CCCCCCCC. The van der Waals surface area contributed by atoms with Gasteiger partial charge in [0.05, 0.1) is 6.61 Å². The van der Waals surface area contributed by atoms with Crippen LogP contribution in [0.25, 0.3) is 0 Å². The van der Waals surface area contributed by atoms with E-state index in [1.807, 2.05) is 0 Å². The summed E-state index contributed by atoms with van der Waals surface area (Å²) in [6.07, 6.45) is 40.9. The Balaban J connectivity index is 3.58. The van der Waals surface area contributed by atoms with Gasteiger partial charge in [-0.05, 0) is 64.2 Å². The highest BCUT2D eigenvalue weighted by atomic mass is 16.6. The van der Waals surface area contributed by atoms with Crippen LogP contribution in [0.15, 0.2) is 24.3 Å². The molecule has 0 spiro atoms. The molecule has 0 saturated heterocycles. The van der Waals surface area contributed by atoms with E-state index < -0.39 is 6.10 Å². The number of rotatable bonds is 34. The van der Waals surface area contributed by atoms with Gasteiger partial charge in [0.25, 0.3) is 0 Å². The molecule has 0 saturated carbocycles. The smallest absolute Gasteiger partial charge is 0.306 e. The Bertz CT molecular complexity index is 671. The van der Waals surface area contributed by atoms with Crippen LogP contribution in [0.5, 0.6) is 0 Å². The molecule has 5 heteroatoms. The van der Waals surface area contributed by atoms with E-state index in [2.05, 4.69) is 38.2 Å². The minimum atomic E-state index is -0.774. The highest BCUT2D eigenvalue weighted by molar-refractivity contribution is 5.70. The lowest BCUT2D eigenvalue weighted by Crippen LogP contribution is -2.28. The van der Waals surface area contributed by atoms with Gasteiger partial charge in [-0.3, -0.25) is 9.59 Å². The van der Waals surface area contributed by atoms with E-state index in [0.29, 0.717) is 12.8 Å². The molecule has 258 valence electrons. The van der Waals surface area contributed by atoms with Crippen molar-refractivity contribution < 1.29 is 24.2 Å². The van der Waals surface area contributed by atoms with Gasteiger partial charge in [-0.25, -0.2) is 0 Å². The molecule has 44 heavy (non-hydrogen) atoms. The molecule has 0 aromatic heterocycles. The van der Waals surface area contributed by atoms with Gasteiger partial charge in [-0.1, -0.05) is 141 Å². The number of carbonyl (C=O) groups is 2. The average Bonchev–Trinajstić information content (AvgIpc) is 3.02. The maximum atomic E-state index is 12.1. The molecule has 1 atom stereocenters. The number of unbranched alkanes of at least 4 members (excludes halogenated alkanes) is 22. The predicted molar refractivity (Wildman–Crippen MR) is 187 cm³/mol. The van der Waals surface area contributed by atoms with E-state index >= 15 is 0 Å². The van der Waals surface area contributed by atoms with Crippen molar-refractivity contribution in [2.75, 3.05) is 13.2 Å². The van der Waals surface area contributed by atoms with Crippen molar-refractivity contribution in [1.82, 2.24) is 0 Å². The summed E-state index contributed by atoms with van der Waals surface area (Å²) in [6, 6.07) is 0. The fourth-order valence-corrected chi connectivity index (χ4v) is 5.31. The van der Waals surface area contributed by atoms with Crippen LogP contribution in [-0.4, -0.2) is 36.4 Å². The maximum Gasteiger partial charge on any atom is 0.306 e. The summed E-state index contributed by atoms with van der Waals surface area (Å²) < 4.78 is 10.6. The number of ether oxygens (including phenoxy) is 2. The van der Waals surface area contributed by atoms with Crippen molar-refractivity contribution in [2.45, 2.75) is 200 Å². The van der Waals surface area contributed by atoms with Crippen LogP contribution in [0.2, 0.25) is 0 Å². The summed E-state index contributed by atoms with van der Waals surface area (Å²) in [4.78, 5) is 24.2. The van der Waals surface area contributed by atoms with Crippen LogP contribution in [0.3, 0.4) is 0 Å². The van der Waals surface area contributed by atoms with Gasteiger partial charge in [0.15, 0.2) is 6.10 Å². The summed E-state index contributed by atoms with van der Waals surface area (Å²) in [5.41, 5.74) is 0. The number of hydrogen-bond acceptors (Lipinski definition) is 5. The molecule has 0 aliphatic rings. The number of carbonyl (C=O) groups excluding carboxylic acids is 2. The first kappa shape index (κ1) is 42.4. The maximum absolute atomic E-state index is 12.1. The molecule has 1 N–H and O–H groups in total. The van der Waals surface area contributed by atoms with Crippen molar-refractivity contribution in [3.05, 3.63) is 24.3 Å². The summed E-state index contributed by atoms with van der Waals surface area (Å²) >= 11 is 0. The lowest BCUT2D eigenvalue weighted by Gasteiger charge is -2.15. The van der Waals surface area contributed by atoms with E-state index in [9.17, 15) is 14.7 Å². The van der Waals surface area contributed by atoms with Gasteiger partial charge >= 0.3 is 11.9 Å². The third kappa shape index (κ3) is 33.3. The predicted octanol–water partition coefficient (Wildman–Crippen LogP) is 11.5. The van der Waals surface area contributed by atoms with Gasteiger partial charge in [0, 0.05) is 12.8 Å². The second-order valence-corrected chi connectivity index (χ2v) is 12.6. The number of aliphatic hydroxyl groups excluding tert-OH is 1. The van der Waals surface area contributed by atoms with E-state index in [4.69, 9.17) is 9.47 Å². The van der Waals surface area contributed by atoms with Crippen LogP contribution in [0, 0.1) is 0 Å². The van der Waals surface area contributed by atoms with Crippen molar-refractivity contribution in [3.63, 3.8) is 0 Å². The van der Waals surface area contributed by atoms with Crippen molar-refractivity contribution in [1.29, 1.82) is 0 Å². The Hall–Kier alpha value is -1.62. The third-order valence-corrected chi connectivity index (χ3v) is 8.22. The molecule has 0 bridgehead atoms. The van der Waals surface area contributed by atoms with Crippen LogP contribution in [0.1, 0.15) is 194 Å². The number of esters is 2. The van der Waals surface area contributed by atoms with Gasteiger partial charge in [0.1, 0.15) is 6.61 Å². The quantitative estimate of drug-likeness (QED) is 0.0440. The van der Waals surface area contributed by atoms with E-state index in [-0.39, 0.29) is 25.2 Å². The first-order valence-electron chi connectivity index (χ1n) is 18.9. The lowest BCUT2D eigenvalue weighted by molar-refractivity contribution is -0.161. The molecule has 0 aromatic carbocycles. The molecule has 0 fully saturated rings. The molecule has 0 unspecified atom stereocenters. The fourth-order valence-electron chi connectivity index (χ4n) is 5.31. The Morgan fingerprint density at radius 2 is 0.841 bits per heavy atom. The van der Waals surface area contributed by atoms with Crippen LogP contribution >= 0.6 is 0 Å². The Morgan fingerprint density at radius 3 is 1.23 bits per heavy atom. The first-order valence-corrected chi connectivity index (χ1v) is 18.9. The lowest BCUT2D eigenvalue weighted by atomic mass is 10.1. The van der Waals surface area contributed by atoms with Gasteiger partial charge in [-0.15, -0.1) is 0 Å². The van der Waals surface area contributed by atoms with Crippen LogP contribution < -0.4 is 0 Å². The summed E-state index contributed by atoms with van der Waals surface area (Å²) in [5, 5.41) is 9.53. The highest BCUT2D eigenvalue weighted by Crippen LogP contribution is 2.12. The van der Waals surface area contributed by atoms with E-state index in [0.717, 1.165) is 51.4 Å². The van der Waals surface area contributed by atoms with Crippen molar-refractivity contribution >= 4 is 11.9 Å². The second-order valence-electron chi connectivity index (χ2n) is 12.6. The molecule has 0 aliphatic heterocycles. The zero-order valence-corrected chi connectivity index (χ0v) is 29.2. The van der Waals surface area contributed by atoms with Crippen LogP contribution in [-0.2, 0) is 19.1 Å². The minimum absolute atomic E-state index is 0.0709. The summed E-state index contributed by atoms with van der Waals surface area (Å²) in [6.45, 7) is 4.11. The standard InChI is InChI=1S/C39H72O5/c1-3-5-7-9-11-13-15-17-19-21-23-25-27-29-31-33-38(41)43-36-37(35-40)44-39(42)34-32-30-28-26-24-22-20-18-16-14-12-10-8-6-4-2/h17-20,37,40H,3-16,21-36H2,1-2H3/b19-17+,20-18+/t37-/m1/s1. The largest absolute Gasteiger partial charge is 0.462 e. The number of aliphatic hydroxyl groups is 1. The molecule has 0 aliphatic carbocycles. The van der Waals surface area contributed by atoms with E-state index in [1.165, 1.54) is 116 Å². The summed E-state index contributed by atoms with van der Waals surface area (Å²) in [7, 11) is 0. The monoisotopic (exact) mass is 621 g/mol. The average molecular weight is 621 g/mol. The topological polar surface area (TPSA) is 72.8 Å². The Morgan fingerprint density at radius 1 is 0.500 bits per heavy atom. The number of hydrogen-bond donors (Lipinski definition) is 1. The van der Waals surface area contributed by atoms with Crippen molar-refractivity contribution in [3.8, 4) is 0 Å². The molecular formula is C39H72O5. The zero-order chi connectivity index (χ0) is 32.2. The van der Waals surface area contributed by atoms with Gasteiger partial charge < -0.3 is 14.6 Å². The molecule has 0 radical (unpaired) electrons. The normalized spacial score (nSPS) is 12.3. The zero-order valence-electron chi connectivity index (χ0n) is 29.2. The van der Waals surface area contributed by atoms with Gasteiger partial charge in [0.2, 0.25) is 0 Å². The van der Waals surface area contributed by atoms with Crippen LogP contribution in [0.4, 0.5) is 0 Å². The molecule has 0 amide bonds. The van der Waals surface area contributed by atoms with E-state index in [1.54, 1.807) is 0 Å². The number of allylic oxidation sites excluding steroid dienone is 4. The molecule has 5 nitrogen and oxygen atoms in total. The fraction of sp³-hybridized carbons (Fsp3) is 0.846. The molecule has 0 heterocycles. The minimum Gasteiger partial charge on any atom is -0.462 e. The molecule has 0 rings (SSSR count).